The smallest absolute Gasteiger partial charge is 0.164 e. The fourth-order valence-corrected chi connectivity index (χ4v) is 6.51. The lowest BCUT2D eigenvalue weighted by Gasteiger charge is -2.48. The molecule has 0 amide bonds. The summed E-state index contributed by atoms with van der Waals surface area (Å²) in [7, 11) is 0. The number of aromatic nitrogens is 5. The summed E-state index contributed by atoms with van der Waals surface area (Å²) in [5.41, 5.74) is 5.37. The second-order valence-electron chi connectivity index (χ2n) is 11.5. The van der Waals surface area contributed by atoms with Crippen LogP contribution in [0.3, 0.4) is 0 Å². The molecule has 0 spiro atoms. The number of imidazole rings is 1. The highest BCUT2D eigenvalue weighted by Crippen LogP contribution is 2.37. The summed E-state index contributed by atoms with van der Waals surface area (Å²) in [4.78, 5) is 10.1. The van der Waals surface area contributed by atoms with E-state index in [9.17, 15) is 0 Å². The molecule has 2 aliphatic heterocycles. The summed E-state index contributed by atoms with van der Waals surface area (Å²) in [6, 6.07) is 11.6. The Morgan fingerprint density at radius 2 is 1.89 bits per heavy atom. The number of benzene rings is 1. The molecular weight excluding hydrogens is 498 g/mol. The lowest BCUT2D eigenvalue weighted by molar-refractivity contribution is 0.0963. The van der Waals surface area contributed by atoms with Crippen LogP contribution in [0.4, 0.5) is 5.69 Å². The van der Waals surface area contributed by atoms with Gasteiger partial charge in [-0.2, -0.15) is 0 Å². The molecule has 6 rings (SSSR count). The first-order chi connectivity index (χ1) is 18.4. The Kier molecular flexibility index (Phi) is 7.05. The molecule has 5 heterocycles. The van der Waals surface area contributed by atoms with Gasteiger partial charge in [-0.1, -0.05) is 37.6 Å². The molecule has 38 heavy (non-hydrogen) atoms. The summed E-state index contributed by atoms with van der Waals surface area (Å²) in [6.45, 7) is 12.8. The van der Waals surface area contributed by atoms with Gasteiger partial charge in [-0.25, -0.2) is 4.98 Å². The molecule has 0 N–H and O–H groups in total. The van der Waals surface area contributed by atoms with E-state index >= 15 is 0 Å². The molecule has 0 aliphatic carbocycles. The zero-order chi connectivity index (χ0) is 26.4. The molecule has 202 valence electrons. The van der Waals surface area contributed by atoms with E-state index in [0.717, 1.165) is 73.0 Å². The van der Waals surface area contributed by atoms with Crippen molar-refractivity contribution >= 4 is 34.1 Å². The molecule has 4 atom stereocenters. The van der Waals surface area contributed by atoms with E-state index < -0.39 is 0 Å². The third kappa shape index (κ3) is 4.78. The van der Waals surface area contributed by atoms with Crippen LogP contribution in [0.25, 0.3) is 16.8 Å². The van der Waals surface area contributed by atoms with Crippen LogP contribution in [0.15, 0.2) is 43.0 Å². The highest BCUT2D eigenvalue weighted by atomic mass is 35.5. The van der Waals surface area contributed by atoms with Crippen molar-refractivity contribution in [3.05, 3.63) is 53.6 Å². The number of anilines is 1. The summed E-state index contributed by atoms with van der Waals surface area (Å²) in [5.74, 6) is 0.596. The van der Waals surface area contributed by atoms with Crippen LogP contribution in [0.5, 0.6) is 0 Å². The zero-order valence-corrected chi connectivity index (χ0v) is 23.6. The van der Waals surface area contributed by atoms with Gasteiger partial charge in [0, 0.05) is 48.9 Å². The topological polar surface area (TPSA) is 63.7 Å². The van der Waals surface area contributed by atoms with E-state index in [-0.39, 0.29) is 6.10 Å². The zero-order valence-electron chi connectivity index (χ0n) is 22.8. The average Bonchev–Trinajstić information content (AvgIpc) is 3.65. The van der Waals surface area contributed by atoms with Crippen LogP contribution in [-0.2, 0) is 11.3 Å². The van der Waals surface area contributed by atoms with E-state index in [4.69, 9.17) is 21.3 Å². The Balaban J connectivity index is 1.33. The Morgan fingerprint density at radius 3 is 2.63 bits per heavy atom. The van der Waals surface area contributed by atoms with Crippen LogP contribution >= 0.6 is 11.6 Å². The SMILES string of the molecule is CC(C)CC(c1ccc(Cl)cc1)N1C[C@H](C)N(c2cc3nncn3c3c2ncn3C[C@@H]2CCCO2)C[C@H]1C. The first-order valence-corrected chi connectivity index (χ1v) is 14.3. The number of hydrogen-bond acceptors (Lipinski definition) is 6. The minimum atomic E-state index is 0.232. The molecule has 3 aromatic heterocycles. The Morgan fingerprint density at radius 1 is 1.08 bits per heavy atom. The second kappa shape index (κ2) is 10.5. The molecular formula is C29H38ClN7O. The summed E-state index contributed by atoms with van der Waals surface area (Å²) < 4.78 is 10.2. The maximum absolute atomic E-state index is 6.23. The quantitative estimate of drug-likeness (QED) is 0.307. The van der Waals surface area contributed by atoms with Gasteiger partial charge in [-0.3, -0.25) is 9.30 Å². The van der Waals surface area contributed by atoms with Gasteiger partial charge in [0.25, 0.3) is 0 Å². The standard InChI is InChI=1S/C29H38ClN7O/c1-19(2)12-25(22-7-9-23(30)10-8-22)35-14-21(4)36(15-20(35)3)26-13-27-33-32-18-37(27)29-28(26)31-17-34(29)16-24-6-5-11-38-24/h7-10,13,17-21,24-25H,5-6,11-12,14-16H2,1-4H3/t20-,21+,24+,25?/m1/s1. The van der Waals surface area contributed by atoms with Gasteiger partial charge < -0.3 is 14.2 Å². The predicted octanol–water partition coefficient (Wildman–Crippen LogP) is 5.60. The number of nitrogens with zero attached hydrogens (tertiary/aromatic N) is 7. The molecule has 1 aromatic carbocycles. The maximum Gasteiger partial charge on any atom is 0.164 e. The van der Waals surface area contributed by atoms with E-state index in [1.807, 2.05) is 18.5 Å². The predicted molar refractivity (Wildman–Crippen MR) is 152 cm³/mol. The van der Waals surface area contributed by atoms with E-state index in [1.165, 1.54) is 5.56 Å². The number of halogens is 1. The Hall–Kier alpha value is -2.68. The summed E-state index contributed by atoms with van der Waals surface area (Å²) >= 11 is 6.23. The van der Waals surface area contributed by atoms with Crippen molar-refractivity contribution in [2.75, 3.05) is 24.6 Å². The lowest BCUT2D eigenvalue weighted by atomic mass is 9.92. The van der Waals surface area contributed by atoms with E-state index in [1.54, 1.807) is 6.33 Å². The number of piperazine rings is 1. The second-order valence-corrected chi connectivity index (χ2v) is 12.0. The highest BCUT2D eigenvalue weighted by Gasteiger charge is 2.36. The van der Waals surface area contributed by atoms with E-state index in [0.29, 0.717) is 24.0 Å². The number of pyridine rings is 1. The van der Waals surface area contributed by atoms with Crippen molar-refractivity contribution in [3.8, 4) is 0 Å². The van der Waals surface area contributed by atoms with Crippen molar-refractivity contribution in [2.24, 2.45) is 5.92 Å². The third-order valence-corrected chi connectivity index (χ3v) is 8.49. The van der Waals surface area contributed by atoms with Gasteiger partial charge in [0.15, 0.2) is 5.65 Å². The lowest BCUT2D eigenvalue weighted by Crippen LogP contribution is -2.57. The van der Waals surface area contributed by atoms with Crippen molar-refractivity contribution < 1.29 is 4.74 Å². The monoisotopic (exact) mass is 535 g/mol. The molecule has 2 saturated heterocycles. The van der Waals surface area contributed by atoms with Crippen molar-refractivity contribution in [3.63, 3.8) is 0 Å². The van der Waals surface area contributed by atoms with Gasteiger partial charge in [0.2, 0.25) is 0 Å². The largest absolute Gasteiger partial charge is 0.376 e. The summed E-state index contributed by atoms with van der Waals surface area (Å²) in [6.07, 6.45) is 7.31. The summed E-state index contributed by atoms with van der Waals surface area (Å²) in [5, 5.41) is 9.45. The van der Waals surface area contributed by atoms with Gasteiger partial charge in [0.1, 0.15) is 17.5 Å². The Bertz CT molecular complexity index is 1390. The van der Waals surface area contributed by atoms with Gasteiger partial charge in [-0.05, 0) is 56.7 Å². The normalized spacial score (nSPS) is 23.7. The van der Waals surface area contributed by atoms with Crippen LogP contribution in [0, 0.1) is 5.92 Å². The molecule has 0 bridgehead atoms. The van der Waals surface area contributed by atoms with Crippen molar-refractivity contribution in [1.82, 2.24) is 29.0 Å². The molecule has 9 heteroatoms. The first-order valence-electron chi connectivity index (χ1n) is 14.0. The van der Waals surface area contributed by atoms with Crippen LogP contribution in [0.2, 0.25) is 5.02 Å². The highest BCUT2D eigenvalue weighted by molar-refractivity contribution is 6.30. The fourth-order valence-electron chi connectivity index (χ4n) is 6.38. The third-order valence-electron chi connectivity index (χ3n) is 8.24. The minimum absolute atomic E-state index is 0.232. The number of hydrogen-bond donors (Lipinski definition) is 0. The van der Waals surface area contributed by atoms with Crippen LogP contribution in [0.1, 0.15) is 58.6 Å². The fraction of sp³-hybridized carbons (Fsp3) is 0.552. The maximum atomic E-state index is 6.23. The van der Waals surface area contributed by atoms with Crippen LogP contribution < -0.4 is 4.90 Å². The van der Waals surface area contributed by atoms with Crippen LogP contribution in [-0.4, -0.2) is 66.9 Å². The van der Waals surface area contributed by atoms with Crippen molar-refractivity contribution in [2.45, 2.75) is 77.7 Å². The minimum Gasteiger partial charge on any atom is -0.376 e. The van der Waals surface area contributed by atoms with Crippen molar-refractivity contribution in [1.29, 1.82) is 0 Å². The Labute approximate surface area is 229 Å². The molecule has 4 aromatic rings. The molecule has 0 radical (unpaired) electrons. The van der Waals surface area contributed by atoms with Gasteiger partial charge in [0.05, 0.1) is 24.7 Å². The molecule has 2 fully saturated rings. The molecule has 2 aliphatic rings. The van der Waals surface area contributed by atoms with Gasteiger partial charge in [-0.15, -0.1) is 10.2 Å². The number of ether oxygens (including phenoxy) is 1. The number of rotatable bonds is 7. The average molecular weight is 536 g/mol. The molecule has 0 saturated carbocycles. The molecule has 1 unspecified atom stereocenters. The van der Waals surface area contributed by atoms with E-state index in [2.05, 4.69) is 74.9 Å². The molecule has 8 nitrogen and oxygen atoms in total. The first kappa shape index (κ1) is 25.6. The van der Waals surface area contributed by atoms with Gasteiger partial charge >= 0.3 is 0 Å². The number of fused-ring (bicyclic) bond motifs is 3.